The molecule has 0 aliphatic carbocycles. The normalized spacial score (nSPS) is 14.6. The maximum absolute atomic E-state index is 13.2. The van der Waals surface area contributed by atoms with Crippen molar-refractivity contribution in [2.75, 3.05) is 13.1 Å². The van der Waals surface area contributed by atoms with Crippen LogP contribution in [0.3, 0.4) is 0 Å². The summed E-state index contributed by atoms with van der Waals surface area (Å²) in [5.74, 6) is 0.376. The molecule has 3 aromatic rings. The number of hydrogen-bond acceptors (Lipinski definition) is 5. The average molecular weight is 345 g/mol. The van der Waals surface area contributed by atoms with E-state index in [0.29, 0.717) is 17.0 Å². The zero-order valence-electron chi connectivity index (χ0n) is 14.3. The highest BCUT2D eigenvalue weighted by molar-refractivity contribution is 6.28. The van der Waals surface area contributed by atoms with Crippen molar-refractivity contribution in [1.82, 2.24) is 25.1 Å². The van der Waals surface area contributed by atoms with Gasteiger partial charge < -0.3 is 4.90 Å². The number of para-hydroxylation sites is 1. The first-order chi connectivity index (χ1) is 12.8. The summed E-state index contributed by atoms with van der Waals surface area (Å²) in [6.07, 6.45) is 4.17. The molecular formula is C20H19N5O. The van der Waals surface area contributed by atoms with E-state index in [1.165, 1.54) is 0 Å². The molecule has 0 radical (unpaired) electrons. The molecule has 2 heterocycles. The van der Waals surface area contributed by atoms with E-state index in [-0.39, 0.29) is 5.78 Å². The number of benzene rings is 2. The number of carbonyl (C=O) groups excluding carboxylic acids is 1. The third-order valence-corrected chi connectivity index (χ3v) is 4.44. The molecule has 1 aliphatic rings. The molecule has 1 aliphatic heterocycles. The van der Waals surface area contributed by atoms with E-state index in [9.17, 15) is 4.79 Å². The average Bonchev–Trinajstić information content (AvgIpc) is 3.39. The Morgan fingerprint density at radius 2 is 1.58 bits per heavy atom. The van der Waals surface area contributed by atoms with E-state index < -0.39 is 0 Å². The highest BCUT2D eigenvalue weighted by atomic mass is 16.1. The number of carbonyl (C=O) groups is 1. The van der Waals surface area contributed by atoms with Gasteiger partial charge in [-0.05, 0) is 35.4 Å². The van der Waals surface area contributed by atoms with Gasteiger partial charge in [0.2, 0.25) is 0 Å². The Labute approximate surface area is 151 Å². The van der Waals surface area contributed by atoms with Crippen molar-refractivity contribution in [3.05, 3.63) is 78.3 Å². The van der Waals surface area contributed by atoms with Gasteiger partial charge in [-0.15, -0.1) is 5.10 Å². The summed E-state index contributed by atoms with van der Waals surface area (Å²) >= 11 is 0. The second-order valence-corrected chi connectivity index (χ2v) is 6.23. The van der Waals surface area contributed by atoms with Crippen LogP contribution in [0.1, 0.15) is 29.0 Å². The van der Waals surface area contributed by atoms with Crippen LogP contribution in [0.25, 0.3) is 11.3 Å². The molecule has 0 saturated carbocycles. The predicted molar refractivity (Wildman–Crippen MR) is 98.7 cm³/mol. The fourth-order valence-corrected chi connectivity index (χ4v) is 3.11. The molecule has 0 spiro atoms. The molecule has 0 atom stereocenters. The molecule has 6 heteroatoms. The SMILES string of the molecule is O=C(/C(=C\N1CCCC1)c1nnnn1-c1ccccc1)c1ccccc1. The highest BCUT2D eigenvalue weighted by Gasteiger charge is 2.23. The quantitative estimate of drug-likeness (QED) is 0.525. The molecule has 0 amide bonds. The lowest BCUT2D eigenvalue weighted by Gasteiger charge is -2.15. The van der Waals surface area contributed by atoms with Crippen LogP contribution in [0, 0.1) is 0 Å². The first kappa shape index (κ1) is 16.2. The van der Waals surface area contributed by atoms with Crippen LogP contribution in [0.15, 0.2) is 66.9 Å². The smallest absolute Gasteiger partial charge is 0.198 e. The third-order valence-electron chi connectivity index (χ3n) is 4.44. The number of hydrogen-bond donors (Lipinski definition) is 0. The zero-order chi connectivity index (χ0) is 17.8. The Kier molecular flexibility index (Phi) is 4.55. The van der Waals surface area contributed by atoms with E-state index in [1.54, 1.807) is 4.68 Å². The fourth-order valence-electron chi connectivity index (χ4n) is 3.11. The summed E-state index contributed by atoms with van der Waals surface area (Å²) < 4.78 is 1.61. The zero-order valence-corrected chi connectivity index (χ0v) is 14.3. The van der Waals surface area contributed by atoms with Crippen LogP contribution >= 0.6 is 0 Å². The molecular weight excluding hydrogens is 326 g/mol. The maximum Gasteiger partial charge on any atom is 0.198 e. The molecule has 4 rings (SSSR count). The largest absolute Gasteiger partial charge is 0.377 e. The Morgan fingerprint density at radius 1 is 0.923 bits per heavy atom. The van der Waals surface area contributed by atoms with Gasteiger partial charge in [0.15, 0.2) is 11.6 Å². The number of rotatable bonds is 5. The van der Waals surface area contributed by atoms with E-state index >= 15 is 0 Å². The van der Waals surface area contributed by atoms with Gasteiger partial charge in [0.1, 0.15) is 0 Å². The summed E-state index contributed by atoms with van der Waals surface area (Å²) in [4.78, 5) is 15.4. The lowest BCUT2D eigenvalue weighted by molar-refractivity contribution is 0.105. The monoisotopic (exact) mass is 345 g/mol. The number of likely N-dealkylation sites (tertiary alicyclic amines) is 1. The van der Waals surface area contributed by atoms with Crippen LogP contribution in [0.5, 0.6) is 0 Å². The first-order valence-electron chi connectivity index (χ1n) is 8.73. The molecule has 130 valence electrons. The third kappa shape index (κ3) is 3.26. The van der Waals surface area contributed by atoms with Gasteiger partial charge in [-0.25, -0.2) is 0 Å². The minimum Gasteiger partial charge on any atom is -0.377 e. The fraction of sp³-hybridized carbons (Fsp3) is 0.200. The number of aromatic nitrogens is 4. The van der Waals surface area contributed by atoms with E-state index in [4.69, 9.17) is 0 Å². The van der Waals surface area contributed by atoms with Crippen molar-refractivity contribution in [3.8, 4) is 5.69 Å². The number of Topliss-reactive ketones (excluding diaryl/α,β-unsaturated/α-hetero) is 1. The lowest BCUT2D eigenvalue weighted by Crippen LogP contribution is -2.17. The second-order valence-electron chi connectivity index (χ2n) is 6.23. The summed E-state index contributed by atoms with van der Waals surface area (Å²) in [5.41, 5.74) is 1.95. The van der Waals surface area contributed by atoms with Crippen molar-refractivity contribution >= 4 is 11.4 Å². The van der Waals surface area contributed by atoms with Crippen molar-refractivity contribution in [3.63, 3.8) is 0 Å². The van der Waals surface area contributed by atoms with Crippen molar-refractivity contribution in [2.45, 2.75) is 12.8 Å². The lowest BCUT2D eigenvalue weighted by atomic mass is 10.0. The van der Waals surface area contributed by atoms with E-state index in [2.05, 4.69) is 20.4 Å². The maximum atomic E-state index is 13.2. The van der Waals surface area contributed by atoms with Crippen molar-refractivity contribution < 1.29 is 4.79 Å². The Bertz CT molecular complexity index is 912. The Morgan fingerprint density at radius 3 is 2.27 bits per heavy atom. The summed E-state index contributed by atoms with van der Waals surface area (Å²) in [7, 11) is 0. The number of nitrogens with zero attached hydrogens (tertiary/aromatic N) is 5. The molecule has 1 fully saturated rings. The van der Waals surface area contributed by atoms with Gasteiger partial charge in [-0.2, -0.15) is 4.68 Å². The van der Waals surface area contributed by atoms with E-state index in [1.807, 2.05) is 66.9 Å². The minimum atomic E-state index is -0.0792. The Hall–Kier alpha value is -3.28. The predicted octanol–water partition coefficient (Wildman–Crippen LogP) is 2.98. The van der Waals surface area contributed by atoms with E-state index in [0.717, 1.165) is 31.6 Å². The summed E-state index contributed by atoms with van der Waals surface area (Å²) in [6, 6.07) is 18.9. The van der Waals surface area contributed by atoms with Crippen molar-refractivity contribution in [2.24, 2.45) is 0 Å². The molecule has 2 aromatic carbocycles. The Balaban J connectivity index is 1.80. The molecule has 0 bridgehead atoms. The minimum absolute atomic E-state index is 0.0792. The molecule has 1 aromatic heterocycles. The molecule has 0 N–H and O–H groups in total. The van der Waals surface area contributed by atoms with Crippen LogP contribution in [0.2, 0.25) is 0 Å². The van der Waals surface area contributed by atoms with Gasteiger partial charge in [-0.1, -0.05) is 48.5 Å². The number of allylic oxidation sites excluding steroid dienone is 1. The van der Waals surface area contributed by atoms with Gasteiger partial charge in [0.25, 0.3) is 0 Å². The van der Waals surface area contributed by atoms with Crippen LogP contribution in [0.4, 0.5) is 0 Å². The van der Waals surface area contributed by atoms with Crippen LogP contribution < -0.4 is 0 Å². The molecule has 1 saturated heterocycles. The molecule has 26 heavy (non-hydrogen) atoms. The number of ketones is 1. The topological polar surface area (TPSA) is 63.9 Å². The first-order valence-corrected chi connectivity index (χ1v) is 8.73. The van der Waals surface area contributed by atoms with Crippen molar-refractivity contribution in [1.29, 1.82) is 0 Å². The standard InChI is InChI=1S/C20H19N5O/c26-19(16-9-3-1-4-10-16)18(15-24-13-7-8-14-24)20-21-22-23-25(20)17-11-5-2-6-12-17/h1-6,9-12,15H,7-8,13-14H2/b18-15+. The highest BCUT2D eigenvalue weighted by Crippen LogP contribution is 2.22. The van der Waals surface area contributed by atoms with Gasteiger partial charge in [0.05, 0.1) is 11.3 Å². The second kappa shape index (κ2) is 7.31. The summed E-state index contributed by atoms with van der Waals surface area (Å²) in [6.45, 7) is 1.89. The van der Waals surface area contributed by atoms with Crippen LogP contribution in [-0.4, -0.2) is 44.0 Å². The van der Waals surface area contributed by atoms with Gasteiger partial charge in [0, 0.05) is 24.9 Å². The van der Waals surface area contributed by atoms with Crippen LogP contribution in [-0.2, 0) is 0 Å². The summed E-state index contributed by atoms with van der Waals surface area (Å²) in [5, 5.41) is 12.1. The molecule has 0 unspecified atom stereocenters. The van der Waals surface area contributed by atoms with Gasteiger partial charge in [-0.3, -0.25) is 4.79 Å². The number of tetrazole rings is 1. The molecule has 6 nitrogen and oxygen atoms in total. The van der Waals surface area contributed by atoms with Gasteiger partial charge >= 0.3 is 0 Å².